The van der Waals surface area contributed by atoms with E-state index in [0.717, 1.165) is 10.9 Å². The number of nitrogens with zero attached hydrogens (tertiary/aromatic N) is 2. The average molecular weight is 199 g/mol. The zero-order chi connectivity index (χ0) is 10.4. The summed E-state index contributed by atoms with van der Waals surface area (Å²) in [5, 5.41) is 7.27. The first-order valence-corrected chi connectivity index (χ1v) is 4.46. The second-order valence-corrected chi connectivity index (χ2v) is 3.28. The third-order valence-electron chi connectivity index (χ3n) is 2.34. The van der Waals surface area contributed by atoms with Crippen LogP contribution in [0.1, 0.15) is 0 Å². The number of carbonyl (C=O) groups is 1. The monoisotopic (exact) mass is 199 g/mol. The van der Waals surface area contributed by atoms with Gasteiger partial charge in [0.1, 0.15) is 17.2 Å². The second-order valence-electron chi connectivity index (χ2n) is 3.28. The molecule has 0 bridgehead atoms. The molecule has 0 spiro atoms. The zero-order valence-corrected chi connectivity index (χ0v) is 7.69. The molecule has 1 aromatic heterocycles. The van der Waals surface area contributed by atoms with Crippen LogP contribution in [0.5, 0.6) is 0 Å². The lowest BCUT2D eigenvalue weighted by Crippen LogP contribution is -2.08. The van der Waals surface area contributed by atoms with Crippen LogP contribution in [0.4, 0.5) is 22.0 Å². The third kappa shape index (κ3) is 1.03. The zero-order valence-electron chi connectivity index (χ0n) is 7.69. The minimum absolute atomic E-state index is 0.304. The molecule has 2 heterocycles. The van der Waals surface area contributed by atoms with Crippen LogP contribution in [-0.4, -0.2) is 11.0 Å². The topological polar surface area (TPSA) is 82.1 Å². The molecule has 0 unspecified atom stereocenters. The van der Waals surface area contributed by atoms with Crippen LogP contribution in [0.2, 0.25) is 0 Å². The Morgan fingerprint density at radius 2 is 2.07 bits per heavy atom. The summed E-state index contributed by atoms with van der Waals surface area (Å²) in [6, 6.07) is 7.05. The van der Waals surface area contributed by atoms with Gasteiger partial charge in [-0.05, 0) is 6.07 Å². The number of carbonyl (C=O) groups excluding carboxylic acids is 1. The fourth-order valence-corrected chi connectivity index (χ4v) is 1.69. The fourth-order valence-electron chi connectivity index (χ4n) is 1.69. The summed E-state index contributed by atoms with van der Waals surface area (Å²) in [7, 11) is 0. The average Bonchev–Trinajstić information content (AvgIpc) is 2.61. The van der Waals surface area contributed by atoms with Gasteiger partial charge in [-0.3, -0.25) is 0 Å². The number of nitrogens with one attached hydrogen (secondary N) is 1. The number of aromatic nitrogens is 1. The van der Waals surface area contributed by atoms with Crippen molar-refractivity contribution in [2.75, 3.05) is 11.1 Å². The van der Waals surface area contributed by atoms with Gasteiger partial charge in [-0.15, -0.1) is 0 Å². The smallest absolute Gasteiger partial charge is 0.346 e. The Balaban J connectivity index is 2.43. The van der Waals surface area contributed by atoms with Crippen LogP contribution in [0, 0.1) is 0 Å². The van der Waals surface area contributed by atoms with Gasteiger partial charge in [-0.25, -0.2) is 9.78 Å². The summed E-state index contributed by atoms with van der Waals surface area (Å²) >= 11 is 0. The SMILES string of the molecule is Nc1nc2ccccc2c2c1NC(=O)[N]2. The van der Waals surface area contributed by atoms with Crippen molar-refractivity contribution in [1.82, 2.24) is 10.3 Å². The number of hydrogen-bond acceptors (Lipinski definition) is 3. The number of urea groups is 1. The molecule has 1 aromatic carbocycles. The molecule has 3 N–H and O–H groups in total. The van der Waals surface area contributed by atoms with Gasteiger partial charge in [0.15, 0.2) is 0 Å². The van der Waals surface area contributed by atoms with E-state index in [0.29, 0.717) is 17.2 Å². The maximum atomic E-state index is 11.1. The van der Waals surface area contributed by atoms with E-state index in [1.807, 2.05) is 24.3 Å². The molecule has 15 heavy (non-hydrogen) atoms. The van der Waals surface area contributed by atoms with Crippen LogP contribution in [0.3, 0.4) is 0 Å². The maximum absolute atomic E-state index is 11.1. The minimum atomic E-state index is -0.394. The van der Waals surface area contributed by atoms with Crippen molar-refractivity contribution < 1.29 is 4.79 Å². The number of para-hydroxylation sites is 1. The van der Waals surface area contributed by atoms with E-state index in [4.69, 9.17) is 5.73 Å². The lowest BCUT2D eigenvalue weighted by atomic mass is 10.1. The minimum Gasteiger partial charge on any atom is -0.382 e. The number of amides is 2. The summed E-state index contributed by atoms with van der Waals surface area (Å²) in [6.45, 7) is 0. The van der Waals surface area contributed by atoms with Crippen LogP contribution >= 0.6 is 0 Å². The molecule has 0 saturated heterocycles. The second kappa shape index (κ2) is 2.60. The highest BCUT2D eigenvalue weighted by Crippen LogP contribution is 2.37. The predicted molar refractivity (Wildman–Crippen MR) is 57.0 cm³/mol. The van der Waals surface area contributed by atoms with E-state index in [9.17, 15) is 4.79 Å². The number of nitrogens with two attached hydrogens (primary N) is 1. The molecule has 5 nitrogen and oxygen atoms in total. The Morgan fingerprint density at radius 1 is 1.27 bits per heavy atom. The fraction of sp³-hybridized carbons (Fsp3) is 0. The highest BCUT2D eigenvalue weighted by molar-refractivity contribution is 6.13. The largest absolute Gasteiger partial charge is 0.382 e. The number of rotatable bonds is 0. The Bertz CT molecular complexity index is 579. The van der Waals surface area contributed by atoms with Crippen molar-refractivity contribution in [3.8, 4) is 0 Å². The molecule has 1 aliphatic rings. The summed E-state index contributed by atoms with van der Waals surface area (Å²) in [6.07, 6.45) is 0. The van der Waals surface area contributed by atoms with Gasteiger partial charge >= 0.3 is 6.03 Å². The van der Waals surface area contributed by atoms with Gasteiger partial charge < -0.3 is 11.1 Å². The van der Waals surface area contributed by atoms with Crippen molar-refractivity contribution in [2.24, 2.45) is 0 Å². The number of benzene rings is 1. The molecule has 0 saturated carbocycles. The Labute approximate surface area is 85.3 Å². The van der Waals surface area contributed by atoms with Gasteiger partial charge in [0.25, 0.3) is 0 Å². The molecule has 2 aromatic rings. The molecular weight excluding hydrogens is 192 g/mol. The van der Waals surface area contributed by atoms with E-state index in [1.165, 1.54) is 0 Å². The first-order valence-electron chi connectivity index (χ1n) is 4.46. The van der Waals surface area contributed by atoms with Crippen LogP contribution in [0.25, 0.3) is 10.9 Å². The van der Waals surface area contributed by atoms with Crippen molar-refractivity contribution in [1.29, 1.82) is 0 Å². The molecule has 0 fully saturated rings. The number of anilines is 2. The van der Waals surface area contributed by atoms with Gasteiger partial charge in [-0.2, -0.15) is 5.32 Å². The molecule has 1 radical (unpaired) electrons. The maximum Gasteiger partial charge on any atom is 0.346 e. The Kier molecular flexibility index (Phi) is 1.39. The summed E-state index contributed by atoms with van der Waals surface area (Å²) in [4.78, 5) is 15.3. The third-order valence-corrected chi connectivity index (χ3v) is 2.34. The summed E-state index contributed by atoms with van der Waals surface area (Å²) < 4.78 is 0. The van der Waals surface area contributed by atoms with Crippen LogP contribution in [0.15, 0.2) is 24.3 Å². The van der Waals surface area contributed by atoms with Crippen molar-refractivity contribution >= 4 is 34.1 Å². The molecule has 3 rings (SSSR count). The van der Waals surface area contributed by atoms with E-state index in [-0.39, 0.29) is 0 Å². The Hall–Kier alpha value is -2.30. The molecule has 2 amide bonds. The number of fused-ring (bicyclic) bond motifs is 3. The van der Waals surface area contributed by atoms with E-state index in [1.54, 1.807) is 0 Å². The van der Waals surface area contributed by atoms with Crippen molar-refractivity contribution in [3.05, 3.63) is 24.3 Å². The predicted octanol–water partition coefficient (Wildman–Crippen LogP) is 1.60. The molecule has 5 heteroatoms. The number of pyridine rings is 1. The van der Waals surface area contributed by atoms with Crippen molar-refractivity contribution in [2.45, 2.75) is 0 Å². The first kappa shape index (κ1) is 8.05. The van der Waals surface area contributed by atoms with E-state index in [2.05, 4.69) is 15.6 Å². The highest BCUT2D eigenvalue weighted by Gasteiger charge is 2.24. The van der Waals surface area contributed by atoms with Crippen LogP contribution < -0.4 is 16.4 Å². The summed E-state index contributed by atoms with van der Waals surface area (Å²) in [5.74, 6) is 0.304. The number of nitrogen functional groups attached to an aromatic ring is 1. The van der Waals surface area contributed by atoms with Gasteiger partial charge in [0.2, 0.25) is 0 Å². The molecular formula is C10H7N4O. The molecule has 0 atom stereocenters. The number of hydrogen-bond donors (Lipinski definition) is 2. The summed E-state index contributed by atoms with van der Waals surface area (Å²) in [5.41, 5.74) is 7.56. The highest BCUT2D eigenvalue weighted by atomic mass is 16.2. The molecule has 1 aliphatic heterocycles. The van der Waals surface area contributed by atoms with E-state index < -0.39 is 6.03 Å². The molecule has 0 aliphatic carbocycles. The first-order chi connectivity index (χ1) is 7.25. The lowest BCUT2D eigenvalue weighted by Gasteiger charge is -2.04. The Morgan fingerprint density at radius 3 is 2.93 bits per heavy atom. The van der Waals surface area contributed by atoms with Crippen molar-refractivity contribution in [3.63, 3.8) is 0 Å². The van der Waals surface area contributed by atoms with Gasteiger partial charge in [-0.1, -0.05) is 18.2 Å². The van der Waals surface area contributed by atoms with Crippen LogP contribution in [-0.2, 0) is 0 Å². The standard InChI is InChI=1S/C10H7N4O/c11-9-8-7(13-10(15)14-8)5-3-1-2-4-6(5)12-9/h1-4H,(H2,11,12)(H,14,15). The lowest BCUT2D eigenvalue weighted by molar-refractivity contribution is 0.256. The van der Waals surface area contributed by atoms with Gasteiger partial charge in [0, 0.05) is 5.39 Å². The molecule has 73 valence electrons. The normalized spacial score (nSPS) is 13.5. The quantitative estimate of drug-likeness (QED) is 0.676. The van der Waals surface area contributed by atoms with E-state index >= 15 is 0 Å². The van der Waals surface area contributed by atoms with Gasteiger partial charge in [0.05, 0.1) is 5.52 Å².